The lowest BCUT2D eigenvalue weighted by atomic mass is 9.88. The molecule has 3 heteroatoms. The van der Waals surface area contributed by atoms with Crippen LogP contribution < -0.4 is 9.47 Å². The number of hydrogen-bond acceptors (Lipinski definition) is 3. The number of hydrogen-bond donors (Lipinski definition) is 0. The van der Waals surface area contributed by atoms with Crippen molar-refractivity contribution < 1.29 is 9.47 Å². The van der Waals surface area contributed by atoms with E-state index in [0.29, 0.717) is 5.92 Å². The lowest BCUT2D eigenvalue weighted by Crippen LogP contribution is -2.05. The van der Waals surface area contributed by atoms with Crippen LogP contribution >= 0.6 is 0 Å². The van der Waals surface area contributed by atoms with Gasteiger partial charge in [-0.05, 0) is 48.2 Å². The van der Waals surface area contributed by atoms with Crippen LogP contribution in [0.3, 0.4) is 0 Å². The normalized spacial score (nSPS) is 11.5. The van der Waals surface area contributed by atoms with E-state index in [-0.39, 0.29) is 0 Å². The lowest BCUT2D eigenvalue weighted by molar-refractivity contribution is 0.355. The Kier molecular flexibility index (Phi) is 6.85. The van der Waals surface area contributed by atoms with Gasteiger partial charge in [0.05, 0.1) is 14.2 Å². The molecule has 0 heterocycles. The highest BCUT2D eigenvalue weighted by Gasteiger charge is 2.13. The first-order valence-corrected chi connectivity index (χ1v) is 9.56. The summed E-state index contributed by atoms with van der Waals surface area (Å²) in [7, 11) is 3.30. The van der Waals surface area contributed by atoms with Crippen molar-refractivity contribution in [3.05, 3.63) is 95.6 Å². The summed E-state index contributed by atoms with van der Waals surface area (Å²) >= 11 is 0. The molecule has 0 aliphatic heterocycles. The summed E-state index contributed by atoms with van der Waals surface area (Å²) in [5.41, 5.74) is 4.70. The van der Waals surface area contributed by atoms with E-state index >= 15 is 0 Å². The Bertz CT molecular complexity index is 865. The number of nitrogens with zero attached hydrogens (tertiary/aromatic N) is 1. The van der Waals surface area contributed by atoms with Gasteiger partial charge in [-0.3, -0.25) is 4.99 Å². The molecule has 0 spiro atoms. The molecule has 0 aliphatic carbocycles. The molecule has 0 amide bonds. The number of aliphatic imine (C=N–C) groups is 1. The molecular formula is C25H27NO2. The maximum Gasteiger partial charge on any atom is 0.161 e. The van der Waals surface area contributed by atoms with Crippen LogP contribution in [0.25, 0.3) is 0 Å². The molecule has 0 bridgehead atoms. The summed E-state index contributed by atoms with van der Waals surface area (Å²) in [4.78, 5) is 4.84. The maximum absolute atomic E-state index is 5.41. The molecule has 0 saturated heterocycles. The fraction of sp³-hybridized carbons (Fsp3) is 0.240. The Balaban J connectivity index is 1.76. The molecule has 0 unspecified atom stereocenters. The van der Waals surface area contributed by atoms with Gasteiger partial charge in [-0.15, -0.1) is 0 Å². The van der Waals surface area contributed by atoms with Crippen LogP contribution in [0.15, 0.2) is 83.9 Å². The number of methoxy groups -OCH3 is 2. The van der Waals surface area contributed by atoms with Crippen molar-refractivity contribution in [1.82, 2.24) is 0 Å². The van der Waals surface area contributed by atoms with Gasteiger partial charge in [0.1, 0.15) is 0 Å². The van der Waals surface area contributed by atoms with Crippen molar-refractivity contribution in [2.45, 2.75) is 19.3 Å². The molecule has 28 heavy (non-hydrogen) atoms. The largest absolute Gasteiger partial charge is 0.493 e. The zero-order chi connectivity index (χ0) is 19.8. The van der Waals surface area contributed by atoms with Crippen LogP contribution in [0, 0.1) is 0 Å². The highest BCUT2D eigenvalue weighted by molar-refractivity contribution is 5.99. The second-order valence-corrected chi connectivity index (χ2v) is 6.70. The Hall–Kier alpha value is -3.07. The Morgan fingerprint density at radius 1 is 0.786 bits per heavy atom. The molecule has 0 N–H and O–H groups in total. The monoisotopic (exact) mass is 373 g/mol. The second kappa shape index (κ2) is 9.75. The molecular weight excluding hydrogens is 346 g/mol. The fourth-order valence-corrected chi connectivity index (χ4v) is 3.41. The van der Waals surface area contributed by atoms with E-state index in [4.69, 9.17) is 14.5 Å². The summed E-state index contributed by atoms with van der Waals surface area (Å²) in [6.07, 6.45) is 0.957. The van der Waals surface area contributed by atoms with E-state index in [9.17, 15) is 0 Å². The average molecular weight is 373 g/mol. The van der Waals surface area contributed by atoms with Crippen LogP contribution in [-0.4, -0.2) is 26.5 Å². The molecule has 0 aliphatic rings. The van der Waals surface area contributed by atoms with Crippen molar-refractivity contribution in [3.8, 4) is 11.5 Å². The minimum absolute atomic E-state index is 0.337. The zero-order valence-corrected chi connectivity index (χ0v) is 16.8. The topological polar surface area (TPSA) is 30.8 Å². The van der Waals surface area contributed by atoms with E-state index in [2.05, 4.69) is 60.7 Å². The van der Waals surface area contributed by atoms with Gasteiger partial charge in [-0.2, -0.15) is 0 Å². The molecule has 0 radical (unpaired) electrons. The molecule has 144 valence electrons. The van der Waals surface area contributed by atoms with Gasteiger partial charge in [-0.25, -0.2) is 0 Å². The van der Waals surface area contributed by atoms with Crippen LogP contribution in [0.2, 0.25) is 0 Å². The summed E-state index contributed by atoms with van der Waals surface area (Å²) in [5.74, 6) is 1.79. The molecule has 3 aromatic carbocycles. The van der Waals surface area contributed by atoms with Crippen LogP contribution in [0.1, 0.15) is 36.0 Å². The summed E-state index contributed by atoms with van der Waals surface area (Å²) < 4.78 is 10.7. The van der Waals surface area contributed by atoms with Crippen LogP contribution in [0.5, 0.6) is 11.5 Å². The minimum Gasteiger partial charge on any atom is -0.493 e. The third-order valence-corrected chi connectivity index (χ3v) is 4.97. The third-order valence-electron chi connectivity index (χ3n) is 4.97. The Labute approximate surface area is 167 Å². The highest BCUT2D eigenvalue weighted by Crippen LogP contribution is 2.29. The van der Waals surface area contributed by atoms with E-state index < -0.39 is 0 Å². The third kappa shape index (κ3) is 4.80. The quantitative estimate of drug-likeness (QED) is 0.472. The molecule has 3 nitrogen and oxygen atoms in total. The number of benzene rings is 3. The van der Waals surface area contributed by atoms with Gasteiger partial charge in [0.25, 0.3) is 0 Å². The van der Waals surface area contributed by atoms with Gasteiger partial charge < -0.3 is 9.47 Å². The number of rotatable bonds is 8. The summed E-state index contributed by atoms with van der Waals surface area (Å²) in [6, 6.07) is 27.2. The van der Waals surface area contributed by atoms with Crippen molar-refractivity contribution in [3.63, 3.8) is 0 Å². The fourth-order valence-electron chi connectivity index (χ4n) is 3.41. The smallest absolute Gasteiger partial charge is 0.161 e. The van der Waals surface area contributed by atoms with Crippen molar-refractivity contribution in [2.24, 2.45) is 4.99 Å². The van der Waals surface area contributed by atoms with Crippen LogP contribution in [-0.2, 0) is 0 Å². The molecule has 0 atom stereocenters. The Morgan fingerprint density at radius 3 is 1.89 bits per heavy atom. The van der Waals surface area contributed by atoms with E-state index in [1.54, 1.807) is 14.2 Å². The van der Waals surface area contributed by atoms with E-state index in [1.165, 1.54) is 11.1 Å². The van der Waals surface area contributed by atoms with Gasteiger partial charge in [0, 0.05) is 18.2 Å². The van der Waals surface area contributed by atoms with Crippen LogP contribution in [0.4, 0.5) is 0 Å². The molecule has 3 rings (SSSR count). The SMILES string of the molecule is COc1ccc(/C(C)=N/CCC(c2ccccc2)c2ccccc2)cc1OC. The first-order chi connectivity index (χ1) is 13.7. The second-order valence-electron chi connectivity index (χ2n) is 6.70. The van der Waals surface area contributed by atoms with Gasteiger partial charge in [-0.1, -0.05) is 60.7 Å². The summed E-state index contributed by atoms with van der Waals surface area (Å²) in [5, 5.41) is 0. The Morgan fingerprint density at radius 2 is 1.36 bits per heavy atom. The van der Waals surface area contributed by atoms with Gasteiger partial charge in [0.15, 0.2) is 11.5 Å². The van der Waals surface area contributed by atoms with Crippen molar-refractivity contribution in [2.75, 3.05) is 20.8 Å². The van der Waals surface area contributed by atoms with E-state index in [0.717, 1.165) is 35.7 Å². The predicted molar refractivity (Wildman–Crippen MR) is 116 cm³/mol. The molecule has 0 fully saturated rings. The van der Waals surface area contributed by atoms with Gasteiger partial charge in [0.2, 0.25) is 0 Å². The first-order valence-electron chi connectivity index (χ1n) is 9.56. The molecule has 0 aromatic heterocycles. The maximum atomic E-state index is 5.41. The zero-order valence-electron chi connectivity index (χ0n) is 16.8. The molecule has 0 saturated carbocycles. The predicted octanol–water partition coefficient (Wildman–Crippen LogP) is 5.74. The van der Waals surface area contributed by atoms with Crippen molar-refractivity contribution >= 4 is 5.71 Å². The lowest BCUT2D eigenvalue weighted by Gasteiger charge is -2.17. The first kappa shape index (κ1) is 19.7. The minimum atomic E-state index is 0.337. The highest BCUT2D eigenvalue weighted by atomic mass is 16.5. The number of ether oxygens (including phenoxy) is 2. The van der Waals surface area contributed by atoms with Gasteiger partial charge >= 0.3 is 0 Å². The molecule has 3 aromatic rings. The van der Waals surface area contributed by atoms with E-state index in [1.807, 2.05) is 25.1 Å². The van der Waals surface area contributed by atoms with Crippen molar-refractivity contribution in [1.29, 1.82) is 0 Å². The average Bonchev–Trinajstić information content (AvgIpc) is 2.77. The summed E-state index contributed by atoms with van der Waals surface area (Å²) in [6.45, 7) is 2.80. The standard InChI is InChI=1S/C25H27NO2/c1-19(22-14-15-24(27-2)25(18-22)28-3)26-17-16-23(20-10-6-4-7-11-20)21-12-8-5-9-13-21/h4-15,18,23H,16-17H2,1-3H3/b26-19+.